The van der Waals surface area contributed by atoms with E-state index in [-0.39, 0.29) is 0 Å². The van der Waals surface area contributed by atoms with Crippen molar-refractivity contribution < 1.29 is 0 Å². The van der Waals surface area contributed by atoms with Gasteiger partial charge in [-0.1, -0.05) is 6.92 Å². The smallest absolute Gasteiger partial charge is 0.105 e. The zero-order valence-electron chi connectivity index (χ0n) is 13.4. The minimum absolute atomic E-state index is 0.393. The van der Waals surface area contributed by atoms with Crippen LogP contribution in [0.3, 0.4) is 0 Å². The Bertz CT molecular complexity index is 351. The topological polar surface area (TPSA) is 42.3 Å². The monoisotopic (exact) mass is 278 g/mol. The number of nitriles is 1. The van der Waals surface area contributed by atoms with E-state index >= 15 is 0 Å². The fourth-order valence-electron chi connectivity index (χ4n) is 3.90. The Morgan fingerprint density at radius 1 is 1.35 bits per heavy atom. The van der Waals surface area contributed by atoms with E-state index in [2.05, 4.69) is 35.0 Å². The third-order valence-electron chi connectivity index (χ3n) is 4.98. The average molecular weight is 278 g/mol. The molecule has 1 N–H and O–H groups in total. The van der Waals surface area contributed by atoms with Crippen LogP contribution in [0.5, 0.6) is 0 Å². The lowest BCUT2D eigenvalue weighted by Gasteiger charge is -2.34. The molecule has 4 heteroatoms. The van der Waals surface area contributed by atoms with Crippen LogP contribution in [-0.2, 0) is 0 Å². The first-order valence-electron chi connectivity index (χ1n) is 8.22. The van der Waals surface area contributed by atoms with E-state index in [9.17, 15) is 5.26 Å². The van der Waals surface area contributed by atoms with Crippen molar-refractivity contribution in [2.24, 2.45) is 0 Å². The molecule has 0 aromatic heterocycles. The van der Waals surface area contributed by atoms with Crippen LogP contribution in [-0.4, -0.2) is 60.1 Å². The van der Waals surface area contributed by atoms with E-state index in [0.29, 0.717) is 6.04 Å². The highest BCUT2D eigenvalue weighted by atomic mass is 15.3. The van der Waals surface area contributed by atoms with Crippen LogP contribution in [0.2, 0.25) is 0 Å². The van der Waals surface area contributed by atoms with Crippen LogP contribution in [0.25, 0.3) is 0 Å². The van der Waals surface area contributed by atoms with Gasteiger partial charge in [-0.3, -0.25) is 15.1 Å². The molecular weight excluding hydrogens is 248 g/mol. The summed E-state index contributed by atoms with van der Waals surface area (Å²) in [7, 11) is 0. The number of hydrogen-bond acceptors (Lipinski definition) is 4. The zero-order valence-corrected chi connectivity index (χ0v) is 13.4. The molecule has 0 radical (unpaired) electrons. The molecule has 2 aliphatic rings. The molecule has 3 unspecified atom stereocenters. The van der Waals surface area contributed by atoms with Gasteiger partial charge in [-0.05, 0) is 65.7 Å². The second-order valence-electron chi connectivity index (χ2n) is 6.71. The molecule has 4 nitrogen and oxygen atoms in total. The van der Waals surface area contributed by atoms with Crippen molar-refractivity contribution in [3.8, 4) is 6.07 Å². The summed E-state index contributed by atoms with van der Waals surface area (Å²) >= 11 is 0. The standard InChI is InChI=1S/C16H30N4/c1-4-18-16(3,13-17)11-14(2)20-10-6-9-19-8-5-7-15(19)12-20/h14-15,18H,4-12H2,1-3H3. The molecule has 0 saturated carbocycles. The van der Waals surface area contributed by atoms with Gasteiger partial charge in [-0.25, -0.2) is 0 Å². The fraction of sp³-hybridized carbons (Fsp3) is 0.938. The maximum absolute atomic E-state index is 9.43. The van der Waals surface area contributed by atoms with Gasteiger partial charge in [0.1, 0.15) is 5.54 Å². The largest absolute Gasteiger partial charge is 0.300 e. The van der Waals surface area contributed by atoms with Gasteiger partial charge in [-0.2, -0.15) is 5.26 Å². The Labute approximate surface area is 124 Å². The number of nitrogens with one attached hydrogen (secondary N) is 1. The molecule has 0 aliphatic carbocycles. The molecule has 0 aromatic carbocycles. The Kier molecular flexibility index (Phi) is 5.42. The van der Waals surface area contributed by atoms with Gasteiger partial charge in [-0.15, -0.1) is 0 Å². The summed E-state index contributed by atoms with van der Waals surface area (Å²) in [5, 5.41) is 12.8. The van der Waals surface area contributed by atoms with Crippen molar-refractivity contribution >= 4 is 0 Å². The van der Waals surface area contributed by atoms with Crippen molar-refractivity contribution in [3.05, 3.63) is 0 Å². The number of hydrogen-bond donors (Lipinski definition) is 1. The molecule has 0 amide bonds. The SMILES string of the molecule is CCNC(C)(C#N)CC(C)N1CCCN2CCCC2C1. The summed E-state index contributed by atoms with van der Waals surface area (Å²) in [5.41, 5.74) is -0.393. The van der Waals surface area contributed by atoms with E-state index in [4.69, 9.17) is 0 Å². The van der Waals surface area contributed by atoms with Gasteiger partial charge >= 0.3 is 0 Å². The first kappa shape index (κ1) is 15.8. The quantitative estimate of drug-likeness (QED) is 0.833. The van der Waals surface area contributed by atoms with E-state index in [1.54, 1.807) is 0 Å². The lowest BCUT2D eigenvalue weighted by atomic mass is 9.94. The molecule has 2 saturated heterocycles. The minimum atomic E-state index is -0.393. The molecule has 0 spiro atoms. The summed E-state index contributed by atoms with van der Waals surface area (Å²) < 4.78 is 0. The lowest BCUT2D eigenvalue weighted by Crippen LogP contribution is -2.48. The van der Waals surface area contributed by atoms with Crippen LogP contribution in [0, 0.1) is 11.3 Å². The van der Waals surface area contributed by atoms with Crippen molar-refractivity contribution in [2.45, 2.75) is 64.1 Å². The van der Waals surface area contributed by atoms with Crippen LogP contribution in [0.1, 0.15) is 46.5 Å². The maximum Gasteiger partial charge on any atom is 0.105 e. The molecule has 20 heavy (non-hydrogen) atoms. The molecule has 2 heterocycles. The molecule has 2 aliphatic heterocycles. The normalized spacial score (nSPS) is 29.2. The molecule has 2 rings (SSSR count). The van der Waals surface area contributed by atoms with Crippen molar-refractivity contribution in [1.29, 1.82) is 5.26 Å². The first-order chi connectivity index (χ1) is 9.58. The molecular formula is C16H30N4. The second kappa shape index (κ2) is 6.89. The molecule has 114 valence electrons. The van der Waals surface area contributed by atoms with Gasteiger partial charge in [0.05, 0.1) is 6.07 Å². The van der Waals surface area contributed by atoms with Gasteiger partial charge in [0, 0.05) is 18.6 Å². The fourth-order valence-corrected chi connectivity index (χ4v) is 3.90. The highest BCUT2D eigenvalue weighted by molar-refractivity contribution is 5.05. The van der Waals surface area contributed by atoms with Crippen LogP contribution in [0.4, 0.5) is 0 Å². The Morgan fingerprint density at radius 2 is 2.10 bits per heavy atom. The second-order valence-corrected chi connectivity index (χ2v) is 6.71. The third-order valence-corrected chi connectivity index (χ3v) is 4.98. The molecule has 3 atom stereocenters. The Morgan fingerprint density at radius 3 is 2.80 bits per heavy atom. The minimum Gasteiger partial charge on any atom is -0.300 e. The van der Waals surface area contributed by atoms with Crippen LogP contribution >= 0.6 is 0 Å². The van der Waals surface area contributed by atoms with E-state index in [1.807, 2.05) is 6.92 Å². The summed E-state index contributed by atoms with van der Waals surface area (Å²) in [6.07, 6.45) is 4.89. The molecule has 0 bridgehead atoms. The lowest BCUT2D eigenvalue weighted by molar-refractivity contribution is 0.159. The van der Waals surface area contributed by atoms with E-state index < -0.39 is 5.54 Å². The first-order valence-corrected chi connectivity index (χ1v) is 8.22. The Balaban J connectivity index is 1.94. The predicted molar refractivity (Wildman–Crippen MR) is 82.6 cm³/mol. The summed E-state index contributed by atoms with van der Waals surface area (Å²) in [6.45, 7) is 12.2. The summed E-state index contributed by atoms with van der Waals surface area (Å²) in [5.74, 6) is 0. The molecule has 2 fully saturated rings. The predicted octanol–water partition coefficient (Wildman–Crippen LogP) is 1.83. The van der Waals surface area contributed by atoms with E-state index in [1.165, 1.54) is 45.4 Å². The number of rotatable bonds is 5. The van der Waals surface area contributed by atoms with Crippen LogP contribution < -0.4 is 5.32 Å². The highest BCUT2D eigenvalue weighted by Gasteiger charge is 2.33. The number of fused-ring (bicyclic) bond motifs is 1. The van der Waals surface area contributed by atoms with Crippen molar-refractivity contribution in [2.75, 3.05) is 32.7 Å². The molecule has 0 aromatic rings. The van der Waals surface area contributed by atoms with E-state index in [0.717, 1.165) is 19.0 Å². The van der Waals surface area contributed by atoms with Gasteiger partial charge in [0.25, 0.3) is 0 Å². The van der Waals surface area contributed by atoms with Crippen molar-refractivity contribution in [1.82, 2.24) is 15.1 Å². The Hall–Kier alpha value is -0.630. The number of nitrogens with zero attached hydrogens (tertiary/aromatic N) is 3. The zero-order chi connectivity index (χ0) is 14.6. The van der Waals surface area contributed by atoms with Crippen LogP contribution in [0.15, 0.2) is 0 Å². The van der Waals surface area contributed by atoms with Gasteiger partial charge < -0.3 is 0 Å². The third kappa shape index (κ3) is 3.72. The van der Waals surface area contributed by atoms with Gasteiger partial charge in [0.2, 0.25) is 0 Å². The van der Waals surface area contributed by atoms with Crippen molar-refractivity contribution in [3.63, 3.8) is 0 Å². The summed E-state index contributed by atoms with van der Waals surface area (Å²) in [4.78, 5) is 5.28. The maximum atomic E-state index is 9.43. The average Bonchev–Trinajstić information content (AvgIpc) is 2.76. The summed E-state index contributed by atoms with van der Waals surface area (Å²) in [6, 6.07) is 3.69. The van der Waals surface area contributed by atoms with Gasteiger partial charge in [0.15, 0.2) is 0 Å². The highest BCUT2D eigenvalue weighted by Crippen LogP contribution is 2.24.